The zero-order chi connectivity index (χ0) is 29.4. The van der Waals surface area contributed by atoms with Crippen molar-refractivity contribution in [2.24, 2.45) is 0 Å². The normalized spacial score (nSPS) is 12.0. The summed E-state index contributed by atoms with van der Waals surface area (Å²) in [7, 11) is 0. The van der Waals surface area contributed by atoms with Crippen molar-refractivity contribution in [1.29, 1.82) is 0 Å². The fourth-order valence-electron chi connectivity index (χ4n) is 5.65. The van der Waals surface area contributed by atoms with Gasteiger partial charge in [-0.25, -0.2) is 15.0 Å². The first-order chi connectivity index (χ1) is 20.6. The van der Waals surface area contributed by atoms with Crippen LogP contribution in [0.3, 0.4) is 0 Å². The topological polar surface area (TPSA) is 38.7 Å². The molecule has 5 rings (SSSR count). The quantitative estimate of drug-likeness (QED) is 0.163. The van der Waals surface area contributed by atoms with Gasteiger partial charge in [-0.05, 0) is 42.0 Å². The first-order valence-electron chi connectivity index (χ1n) is 14.7. The highest BCUT2D eigenvalue weighted by Crippen LogP contribution is 2.40. The van der Waals surface area contributed by atoms with Crippen LogP contribution in [0.1, 0.15) is 50.6 Å². The van der Waals surface area contributed by atoms with Crippen LogP contribution >= 0.6 is 0 Å². The predicted molar refractivity (Wildman–Crippen MR) is 177 cm³/mol. The average molecular weight is 548 g/mol. The Balaban J connectivity index is 1.54. The summed E-state index contributed by atoms with van der Waals surface area (Å²) in [5.74, 6) is 1.92. The van der Waals surface area contributed by atoms with Crippen molar-refractivity contribution in [3.63, 3.8) is 0 Å². The van der Waals surface area contributed by atoms with Gasteiger partial charge in [0.1, 0.15) is 0 Å². The molecule has 5 aromatic rings. The summed E-state index contributed by atoms with van der Waals surface area (Å²) in [5, 5.41) is 0. The van der Waals surface area contributed by atoms with E-state index >= 15 is 0 Å². The molecule has 0 aliphatic carbocycles. The second-order valence-corrected chi connectivity index (χ2v) is 10.3. The van der Waals surface area contributed by atoms with Crippen LogP contribution < -0.4 is 0 Å². The summed E-state index contributed by atoms with van der Waals surface area (Å²) in [6.07, 6.45) is 9.67. The largest absolute Gasteiger partial charge is 0.208 e. The summed E-state index contributed by atoms with van der Waals surface area (Å²) in [4.78, 5) is 14.6. The Morgan fingerprint density at radius 1 is 0.619 bits per heavy atom. The fraction of sp³-hybridized carbons (Fsp3) is 0.154. The minimum atomic E-state index is -0.0843. The Morgan fingerprint density at radius 3 is 1.55 bits per heavy atom. The van der Waals surface area contributed by atoms with E-state index in [9.17, 15) is 0 Å². The van der Waals surface area contributed by atoms with E-state index in [1.807, 2.05) is 55.5 Å². The van der Waals surface area contributed by atoms with E-state index in [1.54, 1.807) is 6.08 Å². The molecule has 0 bridgehead atoms. The average Bonchev–Trinajstić information content (AvgIpc) is 3.07. The number of nitrogens with zero attached hydrogens (tertiary/aromatic N) is 3. The van der Waals surface area contributed by atoms with Gasteiger partial charge in [-0.2, -0.15) is 0 Å². The van der Waals surface area contributed by atoms with Gasteiger partial charge in [0.15, 0.2) is 17.5 Å². The highest BCUT2D eigenvalue weighted by molar-refractivity contribution is 5.73. The lowest BCUT2D eigenvalue weighted by molar-refractivity contribution is 0.478. The van der Waals surface area contributed by atoms with Crippen molar-refractivity contribution in [3.8, 4) is 33.9 Å². The maximum Gasteiger partial charge on any atom is 0.164 e. The van der Waals surface area contributed by atoms with Crippen LogP contribution in [0, 0.1) is 0 Å². The number of aromatic nitrogens is 3. The first kappa shape index (κ1) is 28.6. The van der Waals surface area contributed by atoms with E-state index in [2.05, 4.69) is 99.3 Å². The van der Waals surface area contributed by atoms with E-state index < -0.39 is 0 Å². The van der Waals surface area contributed by atoms with Crippen LogP contribution in [0.25, 0.3) is 39.5 Å². The van der Waals surface area contributed by atoms with Gasteiger partial charge in [-0.15, -0.1) is 0 Å². The zero-order valence-corrected chi connectivity index (χ0v) is 24.7. The molecular weight excluding hydrogens is 510 g/mol. The minimum Gasteiger partial charge on any atom is -0.208 e. The Kier molecular flexibility index (Phi) is 8.99. The Bertz CT molecular complexity index is 1680. The first-order valence-corrected chi connectivity index (χ1v) is 14.7. The molecule has 0 amide bonds. The molecule has 0 atom stereocenters. The molecule has 1 heterocycles. The van der Waals surface area contributed by atoms with E-state index in [0.29, 0.717) is 17.5 Å². The van der Waals surface area contributed by atoms with Crippen molar-refractivity contribution in [2.75, 3.05) is 0 Å². The third-order valence-corrected chi connectivity index (χ3v) is 8.02. The van der Waals surface area contributed by atoms with Crippen LogP contribution in [0.15, 0.2) is 140 Å². The summed E-state index contributed by atoms with van der Waals surface area (Å²) < 4.78 is 0. The number of hydrogen-bond acceptors (Lipinski definition) is 3. The van der Waals surface area contributed by atoms with E-state index in [0.717, 1.165) is 29.5 Å². The van der Waals surface area contributed by atoms with Crippen molar-refractivity contribution in [3.05, 3.63) is 157 Å². The standard InChI is InChI=1S/C39H37N3/c1-5-15-31(16-6-2)36-40-37(32-19-13-10-14-20-32)42-38(41-36)33-23-27-35(28-24-33)39(7-3,8-4)34-25-21-30(22-26-34)29-17-11-9-12-18-29/h5-6,9-28H,1,7-8H2,2-4H3/b16-6-,31-15+. The lowest BCUT2D eigenvalue weighted by Crippen LogP contribution is -2.26. The molecule has 0 spiro atoms. The van der Waals surface area contributed by atoms with Gasteiger partial charge < -0.3 is 0 Å². The van der Waals surface area contributed by atoms with Crippen molar-refractivity contribution < 1.29 is 0 Å². The molecule has 0 N–H and O–H groups in total. The van der Waals surface area contributed by atoms with Crippen LogP contribution in [-0.2, 0) is 5.41 Å². The van der Waals surface area contributed by atoms with Crippen molar-refractivity contribution in [2.45, 2.75) is 39.0 Å². The van der Waals surface area contributed by atoms with Crippen LogP contribution in [-0.4, -0.2) is 15.0 Å². The number of hydrogen-bond donors (Lipinski definition) is 0. The van der Waals surface area contributed by atoms with Gasteiger partial charge in [0.05, 0.1) is 0 Å². The van der Waals surface area contributed by atoms with Gasteiger partial charge in [0.25, 0.3) is 0 Å². The number of rotatable bonds is 10. The predicted octanol–water partition coefficient (Wildman–Crippen LogP) is 10.1. The highest BCUT2D eigenvalue weighted by Gasteiger charge is 2.30. The minimum absolute atomic E-state index is 0.0843. The maximum atomic E-state index is 4.91. The van der Waals surface area contributed by atoms with Crippen molar-refractivity contribution >= 4 is 5.57 Å². The molecule has 0 aliphatic rings. The third-order valence-electron chi connectivity index (χ3n) is 8.02. The van der Waals surface area contributed by atoms with Crippen LogP contribution in [0.4, 0.5) is 0 Å². The van der Waals surface area contributed by atoms with Crippen molar-refractivity contribution in [1.82, 2.24) is 15.0 Å². The molecule has 0 saturated carbocycles. The molecule has 42 heavy (non-hydrogen) atoms. The Hall–Kier alpha value is -4.89. The van der Waals surface area contributed by atoms with Gasteiger partial charge in [-0.3, -0.25) is 0 Å². The maximum absolute atomic E-state index is 4.91. The molecule has 0 aliphatic heterocycles. The molecule has 3 heteroatoms. The second kappa shape index (κ2) is 13.2. The third kappa shape index (κ3) is 5.91. The molecule has 0 saturated heterocycles. The monoisotopic (exact) mass is 547 g/mol. The second-order valence-electron chi connectivity index (χ2n) is 10.3. The lowest BCUT2D eigenvalue weighted by Gasteiger charge is -2.33. The number of allylic oxidation sites excluding steroid dienone is 5. The zero-order valence-electron chi connectivity index (χ0n) is 24.7. The van der Waals surface area contributed by atoms with Crippen LogP contribution in [0.2, 0.25) is 0 Å². The van der Waals surface area contributed by atoms with E-state index in [1.165, 1.54) is 22.3 Å². The number of benzene rings is 4. The molecule has 1 aromatic heterocycles. The highest BCUT2D eigenvalue weighted by atomic mass is 15.0. The molecule has 0 radical (unpaired) electrons. The van der Waals surface area contributed by atoms with Crippen LogP contribution in [0.5, 0.6) is 0 Å². The molecule has 208 valence electrons. The van der Waals surface area contributed by atoms with Gasteiger partial charge in [0.2, 0.25) is 0 Å². The Labute approximate surface area is 250 Å². The summed E-state index contributed by atoms with van der Waals surface area (Å²) in [6, 6.07) is 38.5. The summed E-state index contributed by atoms with van der Waals surface area (Å²) in [5.41, 5.74) is 7.81. The molecule has 0 unspecified atom stereocenters. The molecule has 0 fully saturated rings. The summed E-state index contributed by atoms with van der Waals surface area (Å²) >= 11 is 0. The smallest absolute Gasteiger partial charge is 0.164 e. The SMILES string of the molecule is C=C/C=C(\C=C/C)c1nc(-c2ccccc2)nc(-c2ccc(C(CC)(CC)c3ccc(-c4ccccc4)cc3)cc2)n1. The van der Waals surface area contributed by atoms with Gasteiger partial charge in [0, 0.05) is 22.1 Å². The van der Waals surface area contributed by atoms with Gasteiger partial charge >= 0.3 is 0 Å². The fourth-order valence-corrected chi connectivity index (χ4v) is 5.65. The molecule has 3 nitrogen and oxygen atoms in total. The molecule has 4 aromatic carbocycles. The van der Waals surface area contributed by atoms with E-state index in [4.69, 9.17) is 15.0 Å². The lowest BCUT2D eigenvalue weighted by atomic mass is 9.70. The van der Waals surface area contributed by atoms with Gasteiger partial charge in [-0.1, -0.05) is 154 Å². The Morgan fingerprint density at radius 2 is 1.07 bits per heavy atom. The summed E-state index contributed by atoms with van der Waals surface area (Å²) in [6.45, 7) is 10.4. The molecular formula is C39H37N3. The van der Waals surface area contributed by atoms with E-state index in [-0.39, 0.29) is 5.41 Å².